The first kappa shape index (κ1) is 15.1. The van der Waals surface area contributed by atoms with Gasteiger partial charge in [0.1, 0.15) is 0 Å². The molecule has 4 heteroatoms. The van der Waals surface area contributed by atoms with Crippen molar-refractivity contribution in [3.8, 4) is 0 Å². The minimum atomic E-state index is 0.206. The van der Waals surface area contributed by atoms with E-state index >= 15 is 0 Å². The SMILES string of the molecule is CC(=O)N1CCC(NCCCn2ccc3ccccc32)CC1. The molecular weight excluding hydrogens is 274 g/mol. The minimum absolute atomic E-state index is 0.206. The fourth-order valence-electron chi connectivity index (χ4n) is 3.29. The van der Waals surface area contributed by atoms with Crippen LogP contribution in [0.15, 0.2) is 36.5 Å². The number of para-hydroxylation sites is 1. The number of nitrogens with one attached hydrogen (secondary N) is 1. The van der Waals surface area contributed by atoms with Crippen LogP contribution in [0.25, 0.3) is 10.9 Å². The van der Waals surface area contributed by atoms with E-state index in [1.807, 2.05) is 4.90 Å². The maximum absolute atomic E-state index is 11.3. The third-order valence-corrected chi connectivity index (χ3v) is 4.63. The summed E-state index contributed by atoms with van der Waals surface area (Å²) in [7, 11) is 0. The summed E-state index contributed by atoms with van der Waals surface area (Å²) in [6.07, 6.45) is 5.46. The zero-order valence-corrected chi connectivity index (χ0v) is 13.3. The van der Waals surface area contributed by atoms with Crippen molar-refractivity contribution in [2.45, 2.75) is 38.8 Å². The molecule has 0 saturated carbocycles. The second-order valence-electron chi connectivity index (χ2n) is 6.16. The Morgan fingerprint density at radius 3 is 2.77 bits per heavy atom. The van der Waals surface area contributed by atoms with Gasteiger partial charge in [-0.05, 0) is 43.3 Å². The molecule has 0 atom stereocenters. The van der Waals surface area contributed by atoms with Crippen LogP contribution in [0.3, 0.4) is 0 Å². The van der Waals surface area contributed by atoms with E-state index in [0.29, 0.717) is 6.04 Å². The summed E-state index contributed by atoms with van der Waals surface area (Å²) in [5, 5.41) is 4.95. The number of aromatic nitrogens is 1. The van der Waals surface area contributed by atoms with Crippen molar-refractivity contribution in [1.29, 1.82) is 0 Å². The number of nitrogens with zero attached hydrogens (tertiary/aromatic N) is 2. The Balaban J connectivity index is 1.40. The molecule has 2 heterocycles. The molecule has 0 bridgehead atoms. The molecule has 1 aromatic heterocycles. The quantitative estimate of drug-likeness (QED) is 0.862. The van der Waals surface area contributed by atoms with Gasteiger partial charge in [0.25, 0.3) is 0 Å². The number of rotatable bonds is 5. The van der Waals surface area contributed by atoms with Crippen molar-refractivity contribution in [3.63, 3.8) is 0 Å². The summed E-state index contributed by atoms with van der Waals surface area (Å²) < 4.78 is 2.33. The molecule has 1 aliphatic rings. The van der Waals surface area contributed by atoms with Gasteiger partial charge < -0.3 is 14.8 Å². The smallest absolute Gasteiger partial charge is 0.219 e. The van der Waals surface area contributed by atoms with Crippen molar-refractivity contribution >= 4 is 16.8 Å². The fourth-order valence-corrected chi connectivity index (χ4v) is 3.29. The van der Waals surface area contributed by atoms with Crippen LogP contribution in [0, 0.1) is 0 Å². The topological polar surface area (TPSA) is 37.3 Å². The van der Waals surface area contributed by atoms with Crippen LogP contribution < -0.4 is 5.32 Å². The maximum Gasteiger partial charge on any atom is 0.219 e. The van der Waals surface area contributed by atoms with Crippen molar-refractivity contribution in [2.75, 3.05) is 19.6 Å². The number of fused-ring (bicyclic) bond motifs is 1. The molecule has 1 aromatic carbocycles. The van der Waals surface area contributed by atoms with E-state index in [9.17, 15) is 4.79 Å². The highest BCUT2D eigenvalue weighted by molar-refractivity contribution is 5.79. The van der Waals surface area contributed by atoms with E-state index in [1.165, 1.54) is 10.9 Å². The van der Waals surface area contributed by atoms with Gasteiger partial charge in [-0.15, -0.1) is 0 Å². The van der Waals surface area contributed by atoms with Crippen LogP contribution in [0.4, 0.5) is 0 Å². The van der Waals surface area contributed by atoms with Crippen molar-refractivity contribution in [3.05, 3.63) is 36.5 Å². The summed E-state index contributed by atoms with van der Waals surface area (Å²) in [5.74, 6) is 0.206. The van der Waals surface area contributed by atoms with Gasteiger partial charge in [-0.1, -0.05) is 18.2 Å². The van der Waals surface area contributed by atoms with E-state index in [4.69, 9.17) is 0 Å². The molecule has 3 rings (SSSR count). The summed E-state index contributed by atoms with van der Waals surface area (Å²) in [6.45, 7) is 5.55. The average molecular weight is 299 g/mol. The molecule has 1 saturated heterocycles. The Kier molecular flexibility index (Phi) is 4.78. The minimum Gasteiger partial charge on any atom is -0.347 e. The number of hydrogen-bond donors (Lipinski definition) is 1. The molecule has 1 aliphatic heterocycles. The highest BCUT2D eigenvalue weighted by Crippen LogP contribution is 2.15. The number of piperidine rings is 1. The van der Waals surface area contributed by atoms with Gasteiger partial charge in [-0.25, -0.2) is 0 Å². The van der Waals surface area contributed by atoms with Gasteiger partial charge in [-0.3, -0.25) is 4.79 Å². The molecule has 0 spiro atoms. The zero-order chi connectivity index (χ0) is 15.4. The Morgan fingerprint density at radius 1 is 1.23 bits per heavy atom. The second kappa shape index (κ2) is 6.97. The van der Waals surface area contributed by atoms with Gasteiger partial charge in [0.05, 0.1) is 0 Å². The molecule has 0 aliphatic carbocycles. The first-order valence-electron chi connectivity index (χ1n) is 8.27. The summed E-state index contributed by atoms with van der Waals surface area (Å²) in [4.78, 5) is 13.3. The number of carbonyl (C=O) groups is 1. The van der Waals surface area contributed by atoms with E-state index in [1.54, 1.807) is 6.92 Å². The largest absolute Gasteiger partial charge is 0.347 e. The van der Waals surface area contributed by atoms with Crippen LogP contribution in [-0.2, 0) is 11.3 Å². The first-order valence-corrected chi connectivity index (χ1v) is 8.27. The third-order valence-electron chi connectivity index (χ3n) is 4.63. The lowest BCUT2D eigenvalue weighted by atomic mass is 10.1. The van der Waals surface area contributed by atoms with Gasteiger partial charge in [-0.2, -0.15) is 0 Å². The highest BCUT2D eigenvalue weighted by atomic mass is 16.2. The Hall–Kier alpha value is -1.81. The molecule has 118 valence electrons. The molecule has 1 amide bonds. The lowest BCUT2D eigenvalue weighted by molar-refractivity contribution is -0.129. The van der Waals surface area contributed by atoms with Crippen LogP contribution in [0.1, 0.15) is 26.2 Å². The second-order valence-corrected chi connectivity index (χ2v) is 6.16. The van der Waals surface area contributed by atoms with E-state index in [0.717, 1.165) is 45.4 Å². The summed E-state index contributed by atoms with van der Waals surface area (Å²) in [5.41, 5.74) is 1.32. The number of amides is 1. The van der Waals surface area contributed by atoms with Crippen molar-refractivity contribution in [2.24, 2.45) is 0 Å². The third kappa shape index (κ3) is 3.50. The standard InChI is InChI=1S/C18H25N3O/c1-15(22)20-13-8-17(9-14-20)19-10-4-11-21-12-7-16-5-2-3-6-18(16)21/h2-3,5-7,12,17,19H,4,8-11,13-14H2,1H3. The van der Waals surface area contributed by atoms with E-state index in [-0.39, 0.29) is 5.91 Å². The number of benzene rings is 1. The molecule has 1 fully saturated rings. The lowest BCUT2D eigenvalue weighted by Gasteiger charge is -2.31. The van der Waals surface area contributed by atoms with E-state index in [2.05, 4.69) is 46.4 Å². The van der Waals surface area contributed by atoms with Gasteiger partial charge >= 0.3 is 0 Å². The molecule has 0 radical (unpaired) electrons. The van der Waals surface area contributed by atoms with E-state index < -0.39 is 0 Å². The van der Waals surface area contributed by atoms with Gasteiger partial charge in [0.15, 0.2) is 0 Å². The maximum atomic E-state index is 11.3. The predicted molar refractivity (Wildman–Crippen MR) is 89.8 cm³/mol. The predicted octanol–water partition coefficient (Wildman–Crippen LogP) is 2.63. The van der Waals surface area contributed by atoms with Crippen molar-refractivity contribution < 1.29 is 4.79 Å². The first-order chi connectivity index (χ1) is 10.7. The molecule has 1 N–H and O–H groups in total. The van der Waals surface area contributed by atoms with Crippen molar-refractivity contribution in [1.82, 2.24) is 14.8 Å². The number of likely N-dealkylation sites (tertiary alicyclic amines) is 1. The van der Waals surface area contributed by atoms with Crippen LogP contribution in [-0.4, -0.2) is 41.1 Å². The lowest BCUT2D eigenvalue weighted by Crippen LogP contribution is -2.44. The number of hydrogen-bond acceptors (Lipinski definition) is 2. The Morgan fingerprint density at radius 2 is 2.00 bits per heavy atom. The average Bonchev–Trinajstić information content (AvgIpc) is 2.95. The van der Waals surface area contributed by atoms with Crippen LogP contribution in [0.5, 0.6) is 0 Å². The van der Waals surface area contributed by atoms with Crippen LogP contribution in [0.2, 0.25) is 0 Å². The van der Waals surface area contributed by atoms with Gasteiger partial charge in [0, 0.05) is 44.3 Å². The molecule has 2 aromatic rings. The normalized spacial score (nSPS) is 16.3. The molecule has 0 unspecified atom stereocenters. The number of aryl methyl sites for hydroxylation is 1. The zero-order valence-electron chi connectivity index (χ0n) is 13.3. The summed E-state index contributed by atoms with van der Waals surface area (Å²) in [6, 6.07) is 11.3. The summed E-state index contributed by atoms with van der Waals surface area (Å²) >= 11 is 0. The molecular formula is C18H25N3O. The molecule has 22 heavy (non-hydrogen) atoms. The van der Waals surface area contributed by atoms with Crippen LogP contribution >= 0.6 is 0 Å². The monoisotopic (exact) mass is 299 g/mol. The highest BCUT2D eigenvalue weighted by Gasteiger charge is 2.19. The number of carbonyl (C=O) groups excluding carboxylic acids is 1. The molecule has 4 nitrogen and oxygen atoms in total. The Bertz CT molecular complexity index is 626. The Labute approximate surface area is 132 Å². The van der Waals surface area contributed by atoms with Gasteiger partial charge in [0.2, 0.25) is 5.91 Å². The fraction of sp³-hybridized carbons (Fsp3) is 0.500.